The quantitative estimate of drug-likeness (QED) is 0.799. The van der Waals surface area contributed by atoms with Gasteiger partial charge in [-0.15, -0.1) is 0 Å². The second-order valence-electron chi connectivity index (χ2n) is 4.46. The average molecular weight is 295 g/mol. The Morgan fingerprint density at radius 3 is 2.63 bits per heavy atom. The Morgan fingerprint density at radius 2 is 2.11 bits per heavy atom. The van der Waals surface area contributed by atoms with Crippen LogP contribution in [0.25, 0.3) is 0 Å². The Bertz CT molecular complexity index is 464. The van der Waals surface area contributed by atoms with Crippen LogP contribution in [0.4, 0.5) is 0 Å². The third kappa shape index (κ3) is 3.16. The molecule has 0 bridgehead atoms. The highest BCUT2D eigenvalue weighted by atomic mass is 32.2. The molecule has 5 heteroatoms. The number of nitrogens with zero attached hydrogens (tertiary/aromatic N) is 1. The average Bonchev–Trinajstić information content (AvgIpc) is 2.86. The van der Waals surface area contributed by atoms with Crippen LogP contribution in [0.2, 0.25) is 0 Å². The van der Waals surface area contributed by atoms with Gasteiger partial charge in [0.2, 0.25) is 5.91 Å². The van der Waals surface area contributed by atoms with Crippen molar-refractivity contribution in [2.45, 2.75) is 13.0 Å². The molecule has 0 unspecified atom stereocenters. The molecule has 0 radical (unpaired) electrons. The predicted molar refractivity (Wildman–Crippen MR) is 82.1 cm³/mol. The van der Waals surface area contributed by atoms with E-state index >= 15 is 0 Å². The molecule has 0 spiro atoms. The van der Waals surface area contributed by atoms with Gasteiger partial charge in [-0.2, -0.15) is 0 Å². The van der Waals surface area contributed by atoms with Crippen molar-refractivity contribution in [2.24, 2.45) is 5.92 Å². The monoisotopic (exact) mass is 295 g/mol. The van der Waals surface area contributed by atoms with Crippen molar-refractivity contribution in [2.75, 3.05) is 19.4 Å². The van der Waals surface area contributed by atoms with E-state index in [1.54, 1.807) is 23.8 Å². The molecule has 0 aliphatic carbocycles. The number of thioether (sulfide) groups is 1. The van der Waals surface area contributed by atoms with E-state index in [0.717, 1.165) is 11.3 Å². The fourth-order valence-electron chi connectivity index (χ4n) is 2.24. The van der Waals surface area contributed by atoms with Crippen molar-refractivity contribution in [1.29, 1.82) is 0 Å². The van der Waals surface area contributed by atoms with Crippen LogP contribution in [0.5, 0.6) is 0 Å². The van der Waals surface area contributed by atoms with Crippen LogP contribution >= 0.6 is 24.0 Å². The maximum atomic E-state index is 12.5. The van der Waals surface area contributed by atoms with E-state index in [4.69, 9.17) is 17.0 Å². The summed E-state index contributed by atoms with van der Waals surface area (Å²) in [4.78, 5) is 14.2. The van der Waals surface area contributed by atoms with Crippen molar-refractivity contribution in [3.63, 3.8) is 0 Å². The SMILES string of the molecule is CO[C@H](c1ccccc1)[C@@H](C)C(=O)N1CCSC1=S. The van der Waals surface area contributed by atoms with Crippen LogP contribution in [0.15, 0.2) is 30.3 Å². The molecule has 2 rings (SSSR count). The zero-order valence-electron chi connectivity index (χ0n) is 11.0. The van der Waals surface area contributed by atoms with E-state index in [1.807, 2.05) is 37.3 Å². The van der Waals surface area contributed by atoms with Gasteiger partial charge in [0, 0.05) is 19.4 Å². The van der Waals surface area contributed by atoms with Gasteiger partial charge in [-0.05, 0) is 5.56 Å². The van der Waals surface area contributed by atoms with Gasteiger partial charge in [-0.3, -0.25) is 9.69 Å². The fourth-order valence-corrected chi connectivity index (χ4v) is 3.46. The minimum Gasteiger partial charge on any atom is -0.376 e. The van der Waals surface area contributed by atoms with Gasteiger partial charge in [0.05, 0.1) is 12.0 Å². The van der Waals surface area contributed by atoms with Gasteiger partial charge >= 0.3 is 0 Å². The highest BCUT2D eigenvalue weighted by Gasteiger charge is 2.33. The van der Waals surface area contributed by atoms with Gasteiger partial charge in [-0.1, -0.05) is 61.2 Å². The van der Waals surface area contributed by atoms with Crippen molar-refractivity contribution in [1.82, 2.24) is 4.90 Å². The van der Waals surface area contributed by atoms with Gasteiger partial charge in [0.25, 0.3) is 0 Å². The predicted octanol–water partition coefficient (Wildman–Crippen LogP) is 2.87. The number of benzene rings is 1. The molecule has 1 aromatic carbocycles. The minimum absolute atomic E-state index is 0.0469. The summed E-state index contributed by atoms with van der Waals surface area (Å²) in [5.74, 6) is 0.690. The number of thiocarbonyl (C=S) groups is 1. The molecule has 1 aliphatic rings. The second kappa shape index (κ2) is 6.50. The summed E-state index contributed by atoms with van der Waals surface area (Å²) in [5.41, 5.74) is 1.02. The van der Waals surface area contributed by atoms with Crippen molar-refractivity contribution in [3.05, 3.63) is 35.9 Å². The van der Waals surface area contributed by atoms with Crippen molar-refractivity contribution >= 4 is 34.2 Å². The fraction of sp³-hybridized carbons (Fsp3) is 0.429. The number of ether oxygens (including phenoxy) is 1. The molecule has 1 heterocycles. The van der Waals surface area contributed by atoms with Crippen LogP contribution in [0.3, 0.4) is 0 Å². The molecule has 1 aromatic rings. The standard InChI is InChI=1S/C14H17NO2S2/c1-10(13(16)15-8-9-19-14(15)18)12(17-2)11-6-4-3-5-7-11/h3-7,10,12H,8-9H2,1-2H3/t10-,12+/m1/s1. The Morgan fingerprint density at radius 1 is 1.42 bits per heavy atom. The van der Waals surface area contributed by atoms with Crippen LogP contribution in [-0.2, 0) is 9.53 Å². The van der Waals surface area contributed by atoms with Gasteiger partial charge < -0.3 is 4.74 Å². The molecule has 0 saturated carbocycles. The summed E-state index contributed by atoms with van der Waals surface area (Å²) >= 11 is 6.76. The van der Waals surface area contributed by atoms with E-state index < -0.39 is 0 Å². The first-order valence-corrected chi connectivity index (χ1v) is 7.60. The first-order chi connectivity index (χ1) is 9.15. The molecule has 2 atom stereocenters. The zero-order chi connectivity index (χ0) is 13.8. The highest BCUT2D eigenvalue weighted by molar-refractivity contribution is 8.23. The molecule has 1 amide bonds. The smallest absolute Gasteiger partial charge is 0.233 e. The number of carbonyl (C=O) groups is 1. The van der Waals surface area contributed by atoms with Crippen LogP contribution in [-0.4, -0.2) is 34.5 Å². The van der Waals surface area contributed by atoms with Crippen LogP contribution < -0.4 is 0 Å². The molecular formula is C14H17NO2S2. The molecule has 1 fully saturated rings. The van der Waals surface area contributed by atoms with Crippen molar-refractivity contribution < 1.29 is 9.53 Å². The summed E-state index contributed by atoms with van der Waals surface area (Å²) < 4.78 is 6.20. The molecular weight excluding hydrogens is 278 g/mol. The molecule has 0 aromatic heterocycles. The summed E-state index contributed by atoms with van der Waals surface area (Å²) in [5, 5.41) is 0. The number of carbonyl (C=O) groups excluding carboxylic acids is 1. The maximum absolute atomic E-state index is 12.5. The normalized spacial score (nSPS) is 18.4. The number of hydrogen-bond donors (Lipinski definition) is 0. The largest absolute Gasteiger partial charge is 0.376 e. The Labute approximate surface area is 123 Å². The van der Waals surface area contributed by atoms with Crippen LogP contribution in [0, 0.1) is 5.92 Å². The summed E-state index contributed by atoms with van der Waals surface area (Å²) in [6, 6.07) is 9.82. The van der Waals surface area contributed by atoms with E-state index in [9.17, 15) is 4.79 Å². The Hall–Kier alpha value is -0.910. The molecule has 19 heavy (non-hydrogen) atoms. The minimum atomic E-state index is -0.246. The lowest BCUT2D eigenvalue weighted by Crippen LogP contribution is -2.37. The van der Waals surface area contributed by atoms with Crippen LogP contribution in [0.1, 0.15) is 18.6 Å². The molecule has 0 N–H and O–H groups in total. The lowest BCUT2D eigenvalue weighted by Gasteiger charge is -2.26. The molecule has 3 nitrogen and oxygen atoms in total. The topological polar surface area (TPSA) is 29.5 Å². The number of hydrogen-bond acceptors (Lipinski definition) is 4. The molecule has 102 valence electrons. The zero-order valence-corrected chi connectivity index (χ0v) is 12.7. The third-order valence-electron chi connectivity index (χ3n) is 3.25. The highest BCUT2D eigenvalue weighted by Crippen LogP contribution is 2.29. The molecule has 1 saturated heterocycles. The number of amides is 1. The van der Waals surface area contributed by atoms with E-state index in [1.165, 1.54) is 0 Å². The van der Waals surface area contributed by atoms with Crippen molar-refractivity contribution in [3.8, 4) is 0 Å². The van der Waals surface area contributed by atoms with Gasteiger partial charge in [0.15, 0.2) is 0 Å². The van der Waals surface area contributed by atoms with Gasteiger partial charge in [-0.25, -0.2) is 0 Å². The second-order valence-corrected chi connectivity index (χ2v) is 6.19. The summed E-state index contributed by atoms with van der Waals surface area (Å²) in [6.07, 6.45) is -0.234. The lowest BCUT2D eigenvalue weighted by molar-refractivity contribution is -0.135. The number of rotatable bonds is 4. The summed E-state index contributed by atoms with van der Waals surface area (Å²) in [7, 11) is 1.64. The Balaban J connectivity index is 2.14. The Kier molecular flexibility index (Phi) is 4.96. The lowest BCUT2D eigenvalue weighted by atomic mass is 9.96. The maximum Gasteiger partial charge on any atom is 0.233 e. The summed E-state index contributed by atoms with van der Waals surface area (Å²) in [6.45, 7) is 2.60. The third-order valence-corrected chi connectivity index (χ3v) is 4.68. The van der Waals surface area contributed by atoms with E-state index in [0.29, 0.717) is 10.9 Å². The first kappa shape index (κ1) is 14.5. The van der Waals surface area contributed by atoms with E-state index in [2.05, 4.69) is 0 Å². The number of methoxy groups -OCH3 is 1. The van der Waals surface area contributed by atoms with Gasteiger partial charge in [0.1, 0.15) is 4.32 Å². The van der Waals surface area contributed by atoms with E-state index in [-0.39, 0.29) is 17.9 Å². The first-order valence-electron chi connectivity index (χ1n) is 6.21. The molecule has 1 aliphatic heterocycles.